The van der Waals surface area contributed by atoms with E-state index in [4.69, 9.17) is 0 Å². The molecular formula is C22H28N4O2. The van der Waals surface area contributed by atoms with E-state index in [-0.39, 0.29) is 18.5 Å². The maximum Gasteiger partial charge on any atom is 0.321 e. The van der Waals surface area contributed by atoms with Crippen molar-refractivity contribution in [2.75, 3.05) is 39.3 Å². The molecule has 2 aromatic rings. The van der Waals surface area contributed by atoms with Gasteiger partial charge in [0.25, 0.3) is 0 Å². The van der Waals surface area contributed by atoms with Gasteiger partial charge in [0.15, 0.2) is 0 Å². The normalized spacial score (nSPS) is 15.4. The second kappa shape index (κ2) is 10.0. The maximum atomic E-state index is 12.0. The van der Waals surface area contributed by atoms with Crippen molar-refractivity contribution < 1.29 is 9.59 Å². The molecule has 0 aromatic heterocycles. The smallest absolute Gasteiger partial charge is 0.321 e. The Bertz CT molecular complexity index is 719. The van der Waals surface area contributed by atoms with E-state index in [9.17, 15) is 9.59 Å². The van der Waals surface area contributed by atoms with Gasteiger partial charge in [0.1, 0.15) is 0 Å². The van der Waals surface area contributed by atoms with Crippen LogP contribution in [-0.4, -0.2) is 61.0 Å². The minimum Gasteiger partial charge on any atom is -0.338 e. The number of benzene rings is 2. The Morgan fingerprint density at radius 2 is 1.43 bits per heavy atom. The minimum atomic E-state index is -0.431. The molecule has 6 nitrogen and oxygen atoms in total. The number of imide groups is 1. The molecule has 0 radical (unpaired) electrons. The number of hydrogen-bond acceptors (Lipinski definition) is 4. The van der Waals surface area contributed by atoms with Gasteiger partial charge in [-0.3, -0.25) is 19.9 Å². The van der Waals surface area contributed by atoms with E-state index < -0.39 is 6.03 Å². The average molecular weight is 380 g/mol. The molecule has 0 bridgehead atoms. The molecule has 0 atom stereocenters. The van der Waals surface area contributed by atoms with Crippen molar-refractivity contribution in [3.05, 3.63) is 71.8 Å². The van der Waals surface area contributed by atoms with Crippen molar-refractivity contribution in [3.63, 3.8) is 0 Å². The third-order valence-corrected chi connectivity index (χ3v) is 4.96. The average Bonchev–Trinajstić information content (AvgIpc) is 2.71. The highest BCUT2D eigenvalue weighted by Crippen LogP contribution is 2.29. The number of piperazine rings is 1. The van der Waals surface area contributed by atoms with Crippen LogP contribution >= 0.6 is 0 Å². The van der Waals surface area contributed by atoms with Crippen molar-refractivity contribution in [3.8, 4) is 0 Å². The Balaban J connectivity index is 1.61. The summed E-state index contributed by atoms with van der Waals surface area (Å²) >= 11 is 0. The Hall–Kier alpha value is -2.70. The van der Waals surface area contributed by atoms with Crippen LogP contribution in [0, 0.1) is 0 Å². The van der Waals surface area contributed by atoms with E-state index in [0.717, 1.165) is 26.2 Å². The zero-order valence-electron chi connectivity index (χ0n) is 16.3. The van der Waals surface area contributed by atoms with E-state index in [2.05, 4.69) is 69.0 Å². The molecule has 1 heterocycles. The van der Waals surface area contributed by atoms with Crippen molar-refractivity contribution >= 4 is 11.9 Å². The van der Waals surface area contributed by atoms with Gasteiger partial charge in [-0.15, -0.1) is 0 Å². The quantitative estimate of drug-likeness (QED) is 0.807. The maximum absolute atomic E-state index is 12.0. The fourth-order valence-electron chi connectivity index (χ4n) is 3.64. The zero-order chi connectivity index (χ0) is 19.8. The van der Waals surface area contributed by atoms with Crippen LogP contribution in [0.15, 0.2) is 60.7 Å². The highest BCUT2D eigenvalue weighted by Gasteiger charge is 2.27. The van der Waals surface area contributed by atoms with Crippen LogP contribution in [-0.2, 0) is 4.79 Å². The van der Waals surface area contributed by atoms with Gasteiger partial charge >= 0.3 is 6.03 Å². The number of amides is 3. The molecule has 3 amide bonds. The number of urea groups is 1. The lowest BCUT2D eigenvalue weighted by Crippen LogP contribution is -2.51. The van der Waals surface area contributed by atoms with Crippen LogP contribution in [0.25, 0.3) is 0 Å². The summed E-state index contributed by atoms with van der Waals surface area (Å²) in [4.78, 5) is 28.1. The zero-order valence-corrected chi connectivity index (χ0v) is 16.3. The molecular weight excluding hydrogens is 352 g/mol. The summed E-state index contributed by atoms with van der Waals surface area (Å²) in [5.74, 6) is -0.262. The van der Waals surface area contributed by atoms with Gasteiger partial charge in [0.05, 0.1) is 12.6 Å². The van der Waals surface area contributed by atoms with E-state index in [0.29, 0.717) is 6.54 Å². The molecule has 0 unspecified atom stereocenters. The van der Waals surface area contributed by atoms with Crippen LogP contribution in [0.1, 0.15) is 24.1 Å². The van der Waals surface area contributed by atoms with E-state index >= 15 is 0 Å². The molecule has 148 valence electrons. The molecule has 1 fully saturated rings. The third kappa shape index (κ3) is 5.41. The van der Waals surface area contributed by atoms with Gasteiger partial charge in [-0.25, -0.2) is 4.79 Å². The van der Waals surface area contributed by atoms with Crippen LogP contribution in [0.4, 0.5) is 4.79 Å². The highest BCUT2D eigenvalue weighted by molar-refractivity contribution is 5.95. The molecule has 3 rings (SSSR count). The lowest BCUT2D eigenvalue weighted by atomic mass is 9.96. The Kier molecular flexibility index (Phi) is 7.17. The first-order valence-electron chi connectivity index (χ1n) is 9.81. The first-order valence-corrected chi connectivity index (χ1v) is 9.81. The lowest BCUT2D eigenvalue weighted by molar-refractivity contribution is -0.121. The molecule has 2 aromatic carbocycles. The Morgan fingerprint density at radius 1 is 0.893 bits per heavy atom. The topological polar surface area (TPSA) is 64.7 Å². The van der Waals surface area contributed by atoms with E-state index in [1.54, 1.807) is 0 Å². The molecule has 0 aliphatic carbocycles. The first kappa shape index (κ1) is 20.0. The second-order valence-corrected chi connectivity index (χ2v) is 6.94. The number of carbonyl (C=O) groups excluding carboxylic acids is 2. The Labute approximate surface area is 166 Å². The summed E-state index contributed by atoms with van der Waals surface area (Å²) in [6.07, 6.45) is 0. The van der Waals surface area contributed by atoms with Gasteiger partial charge in [-0.05, 0) is 18.1 Å². The van der Waals surface area contributed by atoms with Gasteiger partial charge in [0.2, 0.25) is 5.91 Å². The van der Waals surface area contributed by atoms with Crippen molar-refractivity contribution in [1.29, 1.82) is 0 Å². The molecule has 2 N–H and O–H groups in total. The van der Waals surface area contributed by atoms with Crippen LogP contribution in [0.5, 0.6) is 0 Å². The summed E-state index contributed by atoms with van der Waals surface area (Å²) < 4.78 is 0. The van der Waals surface area contributed by atoms with E-state index in [1.807, 2.05) is 19.1 Å². The van der Waals surface area contributed by atoms with Crippen molar-refractivity contribution in [1.82, 2.24) is 20.4 Å². The summed E-state index contributed by atoms with van der Waals surface area (Å²) in [7, 11) is 0. The second-order valence-electron chi connectivity index (χ2n) is 6.94. The monoisotopic (exact) mass is 380 g/mol. The molecule has 0 saturated carbocycles. The molecule has 28 heavy (non-hydrogen) atoms. The summed E-state index contributed by atoms with van der Waals surface area (Å²) in [6, 6.07) is 20.8. The van der Waals surface area contributed by atoms with Gasteiger partial charge in [-0.1, -0.05) is 60.7 Å². The fraction of sp³-hybridized carbons (Fsp3) is 0.364. The van der Waals surface area contributed by atoms with Crippen LogP contribution in [0.3, 0.4) is 0 Å². The predicted molar refractivity (Wildman–Crippen MR) is 110 cm³/mol. The molecule has 0 spiro atoms. The minimum absolute atomic E-state index is 0.203. The van der Waals surface area contributed by atoms with E-state index in [1.165, 1.54) is 11.1 Å². The van der Waals surface area contributed by atoms with Crippen LogP contribution in [0.2, 0.25) is 0 Å². The number of nitrogens with zero attached hydrogens (tertiary/aromatic N) is 2. The number of carbonyl (C=O) groups is 2. The van der Waals surface area contributed by atoms with Crippen molar-refractivity contribution in [2.24, 2.45) is 0 Å². The summed E-state index contributed by atoms with van der Waals surface area (Å²) in [5.41, 5.74) is 2.55. The molecule has 1 aliphatic heterocycles. The predicted octanol–water partition coefficient (Wildman–Crippen LogP) is 2.24. The lowest BCUT2D eigenvalue weighted by Gasteiger charge is -2.39. The first-order chi connectivity index (χ1) is 13.7. The third-order valence-electron chi connectivity index (χ3n) is 4.96. The number of hydrogen-bond donors (Lipinski definition) is 2. The van der Waals surface area contributed by atoms with Gasteiger partial charge in [0, 0.05) is 32.7 Å². The van der Waals surface area contributed by atoms with Crippen LogP contribution < -0.4 is 10.6 Å². The highest BCUT2D eigenvalue weighted by atomic mass is 16.2. The summed E-state index contributed by atoms with van der Waals surface area (Å²) in [5, 5.41) is 4.94. The largest absolute Gasteiger partial charge is 0.338 e. The molecule has 1 saturated heterocycles. The fourth-order valence-corrected chi connectivity index (χ4v) is 3.64. The molecule has 6 heteroatoms. The SMILES string of the molecule is CCNC(=O)NC(=O)CN1CCN(C(c2ccccc2)c2ccccc2)CC1. The van der Waals surface area contributed by atoms with Gasteiger partial charge < -0.3 is 5.32 Å². The Morgan fingerprint density at radius 3 is 1.93 bits per heavy atom. The van der Waals surface area contributed by atoms with Crippen molar-refractivity contribution in [2.45, 2.75) is 13.0 Å². The standard InChI is InChI=1S/C22H28N4O2/c1-2-23-22(28)24-20(27)17-25-13-15-26(16-14-25)21(18-9-5-3-6-10-18)19-11-7-4-8-12-19/h3-12,21H,2,13-17H2,1H3,(H2,23,24,27,28). The number of nitrogens with one attached hydrogen (secondary N) is 2. The molecule has 1 aliphatic rings. The summed E-state index contributed by atoms with van der Waals surface area (Å²) in [6.45, 7) is 5.87. The number of rotatable bonds is 6. The van der Waals surface area contributed by atoms with Gasteiger partial charge in [-0.2, -0.15) is 0 Å².